The smallest absolute Gasteiger partial charge is 0.343 e. The first kappa shape index (κ1) is 16.2. The Bertz CT molecular complexity index is 877. The lowest BCUT2D eigenvalue weighted by Crippen LogP contribution is -2.61. The van der Waals surface area contributed by atoms with Gasteiger partial charge in [-0.3, -0.25) is 19.7 Å². The molecule has 1 aromatic rings. The molecule has 140 valence electrons. The standard InChI is InChI=1S/C18H19N5O4/c24-15-5-6-22(18(27)20-15)23-16(25)13-4-3-11(7-14(13)17(23)26)21-9-10-1-2-12(21)8-19-10/h3-4,7,10,12,19H,1-2,5-6,8-9H2,(H,20,24,27). The molecule has 5 amide bonds. The predicted octanol–water partition coefficient (Wildman–Crippen LogP) is 0.0801. The molecule has 5 aliphatic rings. The van der Waals surface area contributed by atoms with Crippen LogP contribution < -0.4 is 15.5 Å². The molecule has 4 fully saturated rings. The number of nitrogens with zero attached hydrogens (tertiary/aromatic N) is 3. The molecule has 2 atom stereocenters. The van der Waals surface area contributed by atoms with Gasteiger partial charge in [-0.1, -0.05) is 0 Å². The van der Waals surface area contributed by atoms with Crippen LogP contribution in [0, 0.1) is 0 Å². The molecule has 27 heavy (non-hydrogen) atoms. The molecule has 0 radical (unpaired) electrons. The Balaban J connectivity index is 1.45. The summed E-state index contributed by atoms with van der Waals surface area (Å²) in [6, 6.07) is 5.37. The van der Waals surface area contributed by atoms with Crippen LogP contribution in [-0.4, -0.2) is 65.5 Å². The summed E-state index contributed by atoms with van der Waals surface area (Å²) in [6.07, 6.45) is 2.31. The SMILES string of the molecule is O=C1CCN(N2C(=O)c3ccc(N4CC5CCC4CN5)cc3C2=O)C(=O)N1. The zero-order valence-corrected chi connectivity index (χ0v) is 14.6. The van der Waals surface area contributed by atoms with Crippen LogP contribution in [0.15, 0.2) is 18.2 Å². The quantitative estimate of drug-likeness (QED) is 0.716. The average molecular weight is 369 g/mol. The van der Waals surface area contributed by atoms with Crippen molar-refractivity contribution in [2.75, 3.05) is 24.5 Å². The molecular formula is C18H19N5O4. The highest BCUT2D eigenvalue weighted by Crippen LogP contribution is 2.33. The third kappa shape index (κ3) is 2.42. The van der Waals surface area contributed by atoms with Crippen molar-refractivity contribution in [2.24, 2.45) is 0 Å². The minimum absolute atomic E-state index is 0.00450. The number of imide groups is 2. The molecule has 2 bridgehead atoms. The van der Waals surface area contributed by atoms with Crippen LogP contribution in [0.25, 0.3) is 0 Å². The lowest BCUT2D eigenvalue weighted by molar-refractivity contribution is -0.122. The number of piperazine rings is 1. The second kappa shape index (κ2) is 5.78. The predicted molar refractivity (Wildman–Crippen MR) is 94.0 cm³/mol. The number of carbonyl (C=O) groups excluding carboxylic acids is 4. The van der Waals surface area contributed by atoms with Gasteiger partial charge < -0.3 is 10.2 Å². The molecule has 4 saturated heterocycles. The van der Waals surface area contributed by atoms with Crippen molar-refractivity contribution in [1.82, 2.24) is 20.7 Å². The maximum Gasteiger partial charge on any atom is 0.343 e. The number of amides is 5. The van der Waals surface area contributed by atoms with E-state index in [1.807, 2.05) is 6.07 Å². The van der Waals surface area contributed by atoms with E-state index in [9.17, 15) is 19.2 Å². The third-order valence-electron chi connectivity index (χ3n) is 5.80. The van der Waals surface area contributed by atoms with Gasteiger partial charge >= 0.3 is 6.03 Å². The molecule has 2 unspecified atom stereocenters. The fourth-order valence-electron chi connectivity index (χ4n) is 4.39. The van der Waals surface area contributed by atoms with Crippen molar-refractivity contribution in [3.63, 3.8) is 0 Å². The highest BCUT2D eigenvalue weighted by Gasteiger charge is 2.44. The van der Waals surface area contributed by atoms with Gasteiger partial charge in [-0.25, -0.2) is 9.80 Å². The molecule has 1 aromatic carbocycles. The van der Waals surface area contributed by atoms with Gasteiger partial charge in [0.05, 0.1) is 17.7 Å². The maximum absolute atomic E-state index is 12.9. The van der Waals surface area contributed by atoms with Crippen molar-refractivity contribution < 1.29 is 19.2 Å². The number of carbonyl (C=O) groups is 4. The van der Waals surface area contributed by atoms with E-state index < -0.39 is 23.8 Å². The molecular weight excluding hydrogens is 350 g/mol. The van der Waals surface area contributed by atoms with Gasteiger partial charge in [0.2, 0.25) is 5.91 Å². The Morgan fingerprint density at radius 3 is 2.48 bits per heavy atom. The topological polar surface area (TPSA) is 102 Å². The molecule has 6 rings (SSSR count). The number of hydrazine groups is 1. The number of benzene rings is 1. The lowest BCUT2D eigenvalue weighted by Gasteiger charge is -2.47. The van der Waals surface area contributed by atoms with Crippen LogP contribution in [0.1, 0.15) is 40.0 Å². The molecule has 5 heterocycles. The second-order valence-electron chi connectivity index (χ2n) is 7.37. The van der Waals surface area contributed by atoms with E-state index in [1.165, 1.54) is 0 Å². The van der Waals surface area contributed by atoms with Crippen molar-refractivity contribution in [1.29, 1.82) is 0 Å². The molecule has 0 saturated carbocycles. The summed E-state index contributed by atoms with van der Waals surface area (Å²) in [5.74, 6) is -1.47. The van der Waals surface area contributed by atoms with Crippen molar-refractivity contribution in [2.45, 2.75) is 31.3 Å². The van der Waals surface area contributed by atoms with E-state index in [2.05, 4.69) is 15.5 Å². The summed E-state index contributed by atoms with van der Waals surface area (Å²) < 4.78 is 0. The minimum atomic E-state index is -0.750. The van der Waals surface area contributed by atoms with Gasteiger partial charge in [-0.15, -0.1) is 0 Å². The highest BCUT2D eigenvalue weighted by atomic mass is 16.2. The average Bonchev–Trinajstić information content (AvgIpc) is 2.93. The number of hydrogen-bond acceptors (Lipinski definition) is 6. The van der Waals surface area contributed by atoms with E-state index in [4.69, 9.17) is 0 Å². The maximum atomic E-state index is 12.9. The minimum Gasteiger partial charge on any atom is -0.366 e. The molecule has 5 aliphatic heterocycles. The lowest BCUT2D eigenvalue weighted by atomic mass is 9.92. The Labute approximate surface area is 155 Å². The van der Waals surface area contributed by atoms with Gasteiger partial charge in [0, 0.05) is 37.3 Å². The summed E-state index contributed by atoms with van der Waals surface area (Å²) in [6.45, 7) is 1.80. The summed E-state index contributed by atoms with van der Waals surface area (Å²) in [7, 11) is 0. The molecule has 2 N–H and O–H groups in total. The summed E-state index contributed by atoms with van der Waals surface area (Å²) in [5.41, 5.74) is 1.51. The summed E-state index contributed by atoms with van der Waals surface area (Å²) in [5, 5.41) is 7.50. The van der Waals surface area contributed by atoms with E-state index in [0.29, 0.717) is 17.6 Å². The van der Waals surface area contributed by atoms with Crippen LogP contribution in [0.4, 0.5) is 10.5 Å². The fourth-order valence-corrected chi connectivity index (χ4v) is 4.39. The van der Waals surface area contributed by atoms with E-state index in [-0.39, 0.29) is 18.5 Å². The molecule has 0 aromatic heterocycles. The van der Waals surface area contributed by atoms with Crippen LogP contribution in [0.2, 0.25) is 0 Å². The van der Waals surface area contributed by atoms with Crippen LogP contribution in [0.3, 0.4) is 0 Å². The first-order valence-electron chi connectivity index (χ1n) is 9.17. The van der Waals surface area contributed by atoms with Crippen LogP contribution in [0.5, 0.6) is 0 Å². The molecule has 9 heteroatoms. The zero-order valence-electron chi connectivity index (χ0n) is 14.6. The van der Waals surface area contributed by atoms with Gasteiger partial charge in [0.15, 0.2) is 0 Å². The summed E-state index contributed by atoms with van der Waals surface area (Å²) >= 11 is 0. The number of nitrogens with one attached hydrogen (secondary N) is 2. The first-order chi connectivity index (χ1) is 13.0. The van der Waals surface area contributed by atoms with Crippen molar-refractivity contribution in [3.05, 3.63) is 29.3 Å². The van der Waals surface area contributed by atoms with E-state index >= 15 is 0 Å². The van der Waals surface area contributed by atoms with E-state index in [1.54, 1.807) is 12.1 Å². The largest absolute Gasteiger partial charge is 0.366 e. The van der Waals surface area contributed by atoms with E-state index in [0.717, 1.165) is 41.6 Å². The van der Waals surface area contributed by atoms with Gasteiger partial charge in [0.1, 0.15) is 0 Å². The number of urea groups is 1. The normalized spacial score (nSPS) is 27.3. The Morgan fingerprint density at radius 1 is 1.00 bits per heavy atom. The Morgan fingerprint density at radius 2 is 1.81 bits per heavy atom. The number of rotatable bonds is 2. The third-order valence-corrected chi connectivity index (χ3v) is 5.80. The fraction of sp³-hybridized carbons (Fsp3) is 0.444. The number of anilines is 1. The molecule has 0 spiro atoms. The molecule has 0 aliphatic carbocycles. The number of piperidine rings is 2. The Hall–Kier alpha value is -2.94. The van der Waals surface area contributed by atoms with Crippen LogP contribution >= 0.6 is 0 Å². The number of fused-ring (bicyclic) bond motifs is 4. The van der Waals surface area contributed by atoms with Gasteiger partial charge in [-0.05, 0) is 31.0 Å². The van der Waals surface area contributed by atoms with Gasteiger partial charge in [0.25, 0.3) is 11.8 Å². The van der Waals surface area contributed by atoms with Gasteiger partial charge in [-0.2, -0.15) is 5.01 Å². The monoisotopic (exact) mass is 369 g/mol. The Kier molecular flexibility index (Phi) is 3.48. The summed E-state index contributed by atoms with van der Waals surface area (Å²) in [4.78, 5) is 51.3. The first-order valence-corrected chi connectivity index (χ1v) is 9.17. The highest BCUT2D eigenvalue weighted by molar-refractivity contribution is 6.22. The van der Waals surface area contributed by atoms with Crippen LogP contribution in [-0.2, 0) is 4.79 Å². The van der Waals surface area contributed by atoms with Crippen molar-refractivity contribution >= 4 is 29.4 Å². The number of hydrogen-bond donors (Lipinski definition) is 2. The second-order valence-corrected chi connectivity index (χ2v) is 7.37. The van der Waals surface area contributed by atoms with Crippen molar-refractivity contribution in [3.8, 4) is 0 Å². The molecule has 9 nitrogen and oxygen atoms in total. The zero-order chi connectivity index (χ0) is 18.7.